The maximum atomic E-state index is 14.2. The first-order valence-electron chi connectivity index (χ1n) is 7.59. The van der Waals surface area contributed by atoms with Gasteiger partial charge in [0.25, 0.3) is 0 Å². The summed E-state index contributed by atoms with van der Waals surface area (Å²) in [4.78, 5) is 12.9. The molecule has 0 fully saturated rings. The fraction of sp³-hybridized carbons (Fsp3) is 0.588. The van der Waals surface area contributed by atoms with E-state index in [1.165, 1.54) is 6.07 Å². The molecule has 0 bridgehead atoms. The highest BCUT2D eigenvalue weighted by Gasteiger charge is 2.15. The number of rotatable bonds is 8. The lowest BCUT2D eigenvalue weighted by molar-refractivity contribution is 0.0696. The van der Waals surface area contributed by atoms with E-state index in [1.54, 1.807) is 6.07 Å². The summed E-state index contributed by atoms with van der Waals surface area (Å²) in [5.74, 6) is -0.459. The van der Waals surface area contributed by atoms with Crippen LogP contribution in [0.1, 0.15) is 50.9 Å². The molecular weight excluding hydrogens is 269 g/mol. The van der Waals surface area contributed by atoms with Crippen LogP contribution in [0.4, 0.5) is 10.1 Å². The van der Waals surface area contributed by atoms with Crippen LogP contribution in [0.25, 0.3) is 0 Å². The zero-order valence-electron chi connectivity index (χ0n) is 13.4. The predicted molar refractivity (Wildman–Crippen MR) is 84.5 cm³/mol. The molecule has 0 unspecified atom stereocenters. The van der Waals surface area contributed by atoms with Gasteiger partial charge in [-0.05, 0) is 42.9 Å². The van der Waals surface area contributed by atoms with Crippen molar-refractivity contribution in [1.29, 1.82) is 0 Å². The van der Waals surface area contributed by atoms with E-state index in [9.17, 15) is 9.18 Å². The average molecular weight is 295 g/mol. The first kappa shape index (κ1) is 17.5. The smallest absolute Gasteiger partial charge is 0.335 e. The van der Waals surface area contributed by atoms with Gasteiger partial charge >= 0.3 is 5.97 Å². The van der Waals surface area contributed by atoms with Crippen molar-refractivity contribution in [3.63, 3.8) is 0 Å². The zero-order valence-corrected chi connectivity index (χ0v) is 13.4. The van der Waals surface area contributed by atoms with Crippen molar-refractivity contribution in [2.45, 2.75) is 40.5 Å². The lowest BCUT2D eigenvalue weighted by atomic mass is 10.1. The van der Waals surface area contributed by atoms with Crippen LogP contribution in [0.3, 0.4) is 0 Å². The van der Waals surface area contributed by atoms with Crippen LogP contribution in [-0.4, -0.2) is 24.2 Å². The van der Waals surface area contributed by atoms with Crippen molar-refractivity contribution in [1.82, 2.24) is 0 Å². The maximum Gasteiger partial charge on any atom is 0.335 e. The predicted octanol–water partition coefficient (Wildman–Crippen LogP) is 4.42. The summed E-state index contributed by atoms with van der Waals surface area (Å²) in [6.45, 7) is 10.1. The summed E-state index contributed by atoms with van der Waals surface area (Å²) < 4.78 is 14.2. The molecule has 0 saturated carbocycles. The number of anilines is 1. The Morgan fingerprint density at radius 3 is 2.05 bits per heavy atom. The number of halogens is 1. The van der Waals surface area contributed by atoms with Gasteiger partial charge in [0.1, 0.15) is 5.82 Å². The molecule has 1 N–H and O–H groups in total. The van der Waals surface area contributed by atoms with Gasteiger partial charge in [-0.1, -0.05) is 27.7 Å². The molecule has 0 spiro atoms. The van der Waals surface area contributed by atoms with Crippen molar-refractivity contribution < 1.29 is 14.3 Å². The number of carboxylic acid groups (broad SMARTS) is 1. The van der Waals surface area contributed by atoms with E-state index in [-0.39, 0.29) is 5.56 Å². The molecule has 118 valence electrons. The van der Waals surface area contributed by atoms with E-state index in [0.717, 1.165) is 32.0 Å². The lowest BCUT2D eigenvalue weighted by Crippen LogP contribution is -2.28. The molecule has 0 amide bonds. The highest BCUT2D eigenvalue weighted by molar-refractivity contribution is 5.88. The van der Waals surface area contributed by atoms with Crippen LogP contribution in [0.2, 0.25) is 0 Å². The second-order valence-electron chi connectivity index (χ2n) is 6.32. The summed E-state index contributed by atoms with van der Waals surface area (Å²) in [7, 11) is 0. The third-order valence-electron chi connectivity index (χ3n) is 3.49. The normalized spacial score (nSPS) is 11.2. The molecule has 0 heterocycles. The second-order valence-corrected chi connectivity index (χ2v) is 6.32. The number of hydrogen-bond acceptors (Lipinski definition) is 2. The van der Waals surface area contributed by atoms with Gasteiger partial charge in [-0.15, -0.1) is 0 Å². The Hall–Kier alpha value is -1.58. The largest absolute Gasteiger partial charge is 0.478 e. The molecule has 0 aliphatic heterocycles. The Morgan fingerprint density at radius 2 is 1.67 bits per heavy atom. The molecule has 0 saturated heterocycles. The molecule has 3 nitrogen and oxygen atoms in total. The maximum absolute atomic E-state index is 14.2. The fourth-order valence-corrected chi connectivity index (χ4v) is 2.08. The van der Waals surface area contributed by atoms with E-state index in [0.29, 0.717) is 17.5 Å². The summed E-state index contributed by atoms with van der Waals surface area (Å²) in [6.07, 6.45) is 1.97. The van der Waals surface area contributed by atoms with Gasteiger partial charge in [0, 0.05) is 13.1 Å². The molecule has 0 aromatic heterocycles. The van der Waals surface area contributed by atoms with Crippen molar-refractivity contribution in [2.24, 2.45) is 11.8 Å². The molecule has 1 aromatic carbocycles. The van der Waals surface area contributed by atoms with E-state index in [1.807, 2.05) is 4.90 Å². The first-order valence-corrected chi connectivity index (χ1v) is 7.59. The van der Waals surface area contributed by atoms with Gasteiger partial charge in [-0.2, -0.15) is 0 Å². The Kier molecular flexibility index (Phi) is 6.66. The molecule has 21 heavy (non-hydrogen) atoms. The van der Waals surface area contributed by atoms with Crippen LogP contribution < -0.4 is 4.90 Å². The molecule has 1 rings (SSSR count). The minimum atomic E-state index is -1.10. The topological polar surface area (TPSA) is 40.5 Å². The number of carbonyl (C=O) groups is 1. The third kappa shape index (κ3) is 5.74. The Balaban J connectivity index is 2.92. The highest BCUT2D eigenvalue weighted by atomic mass is 19.1. The number of nitrogens with zero attached hydrogens (tertiary/aromatic N) is 1. The van der Waals surface area contributed by atoms with Crippen LogP contribution in [0.15, 0.2) is 18.2 Å². The average Bonchev–Trinajstić information content (AvgIpc) is 2.38. The molecule has 1 aromatic rings. The van der Waals surface area contributed by atoms with Gasteiger partial charge in [0.05, 0.1) is 11.3 Å². The standard InChI is InChI=1S/C17H26FNO2/c1-12(2)7-9-19(10-8-13(3)4)16-6-5-14(17(20)21)11-15(16)18/h5-6,11-13H,7-10H2,1-4H3,(H,20,21). The lowest BCUT2D eigenvalue weighted by Gasteiger charge is -2.27. The molecule has 0 radical (unpaired) electrons. The Bertz CT molecular complexity index is 460. The van der Waals surface area contributed by atoms with Gasteiger partial charge in [-0.3, -0.25) is 0 Å². The highest BCUT2D eigenvalue weighted by Crippen LogP contribution is 2.23. The first-order chi connectivity index (χ1) is 9.81. The van der Waals surface area contributed by atoms with Crippen molar-refractivity contribution in [3.8, 4) is 0 Å². The molecule has 0 aliphatic rings. The monoisotopic (exact) mass is 295 g/mol. The molecule has 0 atom stereocenters. The SMILES string of the molecule is CC(C)CCN(CCC(C)C)c1ccc(C(=O)O)cc1F. The number of hydrogen-bond donors (Lipinski definition) is 1. The Labute approximate surface area is 126 Å². The van der Waals surface area contributed by atoms with Gasteiger partial charge < -0.3 is 10.0 Å². The quantitative estimate of drug-likeness (QED) is 0.771. The number of aromatic carboxylic acids is 1. The summed E-state index contributed by atoms with van der Waals surface area (Å²) >= 11 is 0. The van der Waals surface area contributed by atoms with Crippen molar-refractivity contribution >= 4 is 11.7 Å². The van der Waals surface area contributed by atoms with E-state index < -0.39 is 11.8 Å². The van der Waals surface area contributed by atoms with Crippen LogP contribution in [0, 0.1) is 17.7 Å². The van der Waals surface area contributed by atoms with E-state index in [2.05, 4.69) is 27.7 Å². The molecule has 0 aliphatic carbocycles. The second kappa shape index (κ2) is 8.01. The summed E-state index contributed by atoms with van der Waals surface area (Å²) in [6, 6.07) is 4.16. The van der Waals surface area contributed by atoms with Crippen LogP contribution in [0.5, 0.6) is 0 Å². The fourth-order valence-electron chi connectivity index (χ4n) is 2.08. The third-order valence-corrected chi connectivity index (χ3v) is 3.49. The Morgan fingerprint density at radius 1 is 1.14 bits per heavy atom. The van der Waals surface area contributed by atoms with Crippen molar-refractivity contribution in [3.05, 3.63) is 29.6 Å². The van der Waals surface area contributed by atoms with E-state index in [4.69, 9.17) is 5.11 Å². The number of carboxylic acids is 1. The van der Waals surface area contributed by atoms with E-state index >= 15 is 0 Å². The molecular formula is C17H26FNO2. The van der Waals surface area contributed by atoms with Crippen LogP contribution >= 0.6 is 0 Å². The number of benzene rings is 1. The summed E-state index contributed by atoms with van der Waals surface area (Å²) in [5, 5.41) is 8.91. The minimum absolute atomic E-state index is 0.0103. The van der Waals surface area contributed by atoms with Crippen LogP contribution in [-0.2, 0) is 0 Å². The zero-order chi connectivity index (χ0) is 16.0. The van der Waals surface area contributed by atoms with Gasteiger partial charge in [0.2, 0.25) is 0 Å². The molecule has 4 heteroatoms. The van der Waals surface area contributed by atoms with Crippen molar-refractivity contribution in [2.75, 3.05) is 18.0 Å². The van der Waals surface area contributed by atoms with Gasteiger partial charge in [0.15, 0.2) is 0 Å². The minimum Gasteiger partial charge on any atom is -0.478 e. The summed E-state index contributed by atoms with van der Waals surface area (Å²) in [5.41, 5.74) is 0.491. The van der Waals surface area contributed by atoms with Gasteiger partial charge in [-0.25, -0.2) is 9.18 Å².